The van der Waals surface area contributed by atoms with E-state index in [0.717, 1.165) is 0 Å². The first-order valence-corrected chi connectivity index (χ1v) is 11.5. The van der Waals surface area contributed by atoms with Gasteiger partial charge >= 0.3 is 12.1 Å². The number of halogens is 3. The SMILES string of the molecule is COc1ccc(CC(=O)O)cc1Oc1ccc(NC(=O)CC(C)(C)C)cc1CSCC(F)(F)F. The van der Waals surface area contributed by atoms with E-state index in [4.69, 9.17) is 14.6 Å². The predicted octanol–water partition coefficient (Wildman–Crippen LogP) is 6.28. The van der Waals surface area contributed by atoms with Crippen molar-refractivity contribution in [3.63, 3.8) is 0 Å². The van der Waals surface area contributed by atoms with Gasteiger partial charge in [-0.2, -0.15) is 13.2 Å². The fraction of sp³-hybridized carbons (Fsp3) is 0.417. The average molecular weight is 500 g/mol. The molecule has 0 saturated heterocycles. The summed E-state index contributed by atoms with van der Waals surface area (Å²) in [7, 11) is 1.42. The molecule has 6 nitrogen and oxygen atoms in total. The molecule has 0 fully saturated rings. The smallest absolute Gasteiger partial charge is 0.397 e. The number of thioether (sulfide) groups is 1. The third-order valence-electron chi connectivity index (χ3n) is 4.36. The predicted molar refractivity (Wildman–Crippen MR) is 126 cm³/mol. The van der Waals surface area contributed by atoms with Gasteiger partial charge in [0.1, 0.15) is 5.75 Å². The van der Waals surface area contributed by atoms with Crippen molar-refractivity contribution in [3.05, 3.63) is 47.5 Å². The number of carbonyl (C=O) groups excluding carboxylic acids is 1. The molecule has 1 amide bonds. The molecule has 2 aromatic carbocycles. The molecule has 0 radical (unpaired) electrons. The van der Waals surface area contributed by atoms with Crippen molar-refractivity contribution < 1.29 is 37.3 Å². The van der Waals surface area contributed by atoms with E-state index in [0.29, 0.717) is 34.3 Å². The Kier molecular flexibility index (Phi) is 9.26. The topological polar surface area (TPSA) is 84.9 Å². The van der Waals surface area contributed by atoms with Crippen LogP contribution in [0.4, 0.5) is 18.9 Å². The Bertz CT molecular complexity index is 1020. The second kappa shape index (κ2) is 11.5. The molecule has 34 heavy (non-hydrogen) atoms. The highest BCUT2D eigenvalue weighted by molar-refractivity contribution is 7.98. The molecular formula is C24H28F3NO5S. The minimum atomic E-state index is -4.32. The van der Waals surface area contributed by atoms with Crippen molar-refractivity contribution in [3.8, 4) is 17.2 Å². The summed E-state index contributed by atoms with van der Waals surface area (Å²) in [6.07, 6.45) is -4.27. The maximum absolute atomic E-state index is 12.7. The van der Waals surface area contributed by atoms with Crippen molar-refractivity contribution in [2.45, 2.75) is 45.5 Å². The van der Waals surface area contributed by atoms with Gasteiger partial charge in [-0.05, 0) is 41.3 Å². The van der Waals surface area contributed by atoms with E-state index in [2.05, 4.69) is 5.32 Å². The Labute approximate surface area is 200 Å². The van der Waals surface area contributed by atoms with Crippen molar-refractivity contribution in [2.24, 2.45) is 5.41 Å². The zero-order chi connectivity index (χ0) is 25.5. The summed E-state index contributed by atoms with van der Waals surface area (Å²) in [5.41, 5.74) is 1.13. The monoisotopic (exact) mass is 499 g/mol. The lowest BCUT2D eigenvalue weighted by Crippen LogP contribution is -2.19. The lowest BCUT2D eigenvalue weighted by molar-refractivity contribution is -0.136. The van der Waals surface area contributed by atoms with Gasteiger partial charge in [0.25, 0.3) is 0 Å². The second-order valence-corrected chi connectivity index (χ2v) is 9.86. The normalized spacial score (nSPS) is 11.7. The van der Waals surface area contributed by atoms with E-state index in [-0.39, 0.29) is 41.4 Å². The van der Waals surface area contributed by atoms with Crippen LogP contribution in [0, 0.1) is 5.41 Å². The lowest BCUT2D eigenvalue weighted by atomic mass is 9.92. The molecule has 0 spiro atoms. The number of anilines is 1. The molecule has 2 aromatic rings. The molecule has 0 aromatic heterocycles. The molecule has 10 heteroatoms. The van der Waals surface area contributed by atoms with Crippen molar-refractivity contribution in [2.75, 3.05) is 18.2 Å². The molecule has 0 saturated carbocycles. The van der Waals surface area contributed by atoms with E-state index in [9.17, 15) is 22.8 Å². The molecule has 2 N–H and O–H groups in total. The number of hydrogen-bond donors (Lipinski definition) is 2. The Hall–Kier alpha value is -2.88. The van der Waals surface area contributed by atoms with E-state index < -0.39 is 17.9 Å². The summed E-state index contributed by atoms with van der Waals surface area (Å²) in [6, 6.07) is 9.40. The van der Waals surface area contributed by atoms with Crippen LogP contribution in [-0.4, -0.2) is 36.0 Å². The zero-order valence-electron chi connectivity index (χ0n) is 19.4. The van der Waals surface area contributed by atoms with Gasteiger partial charge in [0.2, 0.25) is 5.91 Å². The number of carboxylic acid groups (broad SMARTS) is 1. The maximum atomic E-state index is 12.7. The molecule has 2 rings (SSSR count). The number of carbonyl (C=O) groups is 2. The number of benzene rings is 2. The molecule has 0 unspecified atom stereocenters. The van der Waals surface area contributed by atoms with Gasteiger partial charge in [0.05, 0.1) is 19.3 Å². The highest BCUT2D eigenvalue weighted by atomic mass is 32.2. The Balaban J connectivity index is 2.34. The Morgan fingerprint density at radius 1 is 1.03 bits per heavy atom. The number of carboxylic acids is 1. The first-order chi connectivity index (χ1) is 15.8. The van der Waals surface area contributed by atoms with E-state index >= 15 is 0 Å². The molecule has 0 atom stereocenters. The largest absolute Gasteiger partial charge is 0.493 e. The van der Waals surface area contributed by atoms with E-state index in [1.54, 1.807) is 30.3 Å². The fourth-order valence-corrected chi connectivity index (χ4v) is 3.82. The highest BCUT2D eigenvalue weighted by Gasteiger charge is 2.27. The molecule has 0 bridgehead atoms. The number of nitrogens with one attached hydrogen (secondary N) is 1. The number of aliphatic carboxylic acids is 1. The minimum absolute atomic E-state index is 0.0189. The van der Waals surface area contributed by atoms with Gasteiger partial charge < -0.3 is 19.9 Å². The van der Waals surface area contributed by atoms with Crippen LogP contribution in [0.5, 0.6) is 17.2 Å². The standard InChI is InChI=1S/C24H28F3NO5S/c1-23(2,3)12-21(29)28-17-6-8-18(16(11-17)13-34-14-24(25,26)27)33-20-9-15(10-22(30)31)5-7-19(20)32-4/h5-9,11H,10,12-14H2,1-4H3,(H,28,29)(H,30,31). The molecule has 0 heterocycles. The van der Waals surface area contributed by atoms with Crippen LogP contribution >= 0.6 is 11.8 Å². The van der Waals surface area contributed by atoms with E-state index in [1.807, 2.05) is 20.8 Å². The Morgan fingerprint density at radius 3 is 2.29 bits per heavy atom. The summed E-state index contributed by atoms with van der Waals surface area (Å²) in [5.74, 6) is -1.44. The molecule has 186 valence electrons. The number of rotatable bonds is 10. The summed E-state index contributed by atoms with van der Waals surface area (Å²) in [5, 5.41) is 11.8. The highest BCUT2D eigenvalue weighted by Crippen LogP contribution is 2.37. The summed E-state index contributed by atoms with van der Waals surface area (Å²) in [6.45, 7) is 5.78. The summed E-state index contributed by atoms with van der Waals surface area (Å²) < 4.78 is 49.3. The quantitative estimate of drug-likeness (QED) is 0.400. The first-order valence-electron chi connectivity index (χ1n) is 10.4. The molecule has 0 aliphatic rings. The first kappa shape index (κ1) is 27.4. The van der Waals surface area contributed by atoms with Gasteiger partial charge in [0, 0.05) is 23.4 Å². The number of methoxy groups -OCH3 is 1. The lowest BCUT2D eigenvalue weighted by Gasteiger charge is -2.19. The van der Waals surface area contributed by atoms with Gasteiger partial charge in [0.15, 0.2) is 11.5 Å². The number of ether oxygens (including phenoxy) is 2. The summed E-state index contributed by atoms with van der Waals surface area (Å²) >= 11 is 0.670. The van der Waals surface area contributed by atoms with Crippen LogP contribution < -0.4 is 14.8 Å². The van der Waals surface area contributed by atoms with Gasteiger partial charge in [-0.15, -0.1) is 11.8 Å². The third-order valence-corrected chi connectivity index (χ3v) is 5.41. The second-order valence-electron chi connectivity index (χ2n) is 8.87. The average Bonchev–Trinajstić information content (AvgIpc) is 2.67. The van der Waals surface area contributed by atoms with Crippen molar-refractivity contribution in [1.29, 1.82) is 0 Å². The fourth-order valence-electron chi connectivity index (χ4n) is 3.04. The van der Waals surface area contributed by atoms with Crippen LogP contribution in [-0.2, 0) is 21.8 Å². The molecule has 0 aliphatic heterocycles. The van der Waals surface area contributed by atoms with Crippen molar-refractivity contribution in [1.82, 2.24) is 0 Å². The molecular weight excluding hydrogens is 471 g/mol. The van der Waals surface area contributed by atoms with Crippen LogP contribution in [0.15, 0.2) is 36.4 Å². The van der Waals surface area contributed by atoms with E-state index in [1.165, 1.54) is 13.2 Å². The number of alkyl halides is 3. The van der Waals surface area contributed by atoms with Crippen LogP contribution in [0.25, 0.3) is 0 Å². The Morgan fingerprint density at radius 2 is 1.71 bits per heavy atom. The third kappa shape index (κ3) is 9.54. The van der Waals surface area contributed by atoms with Crippen LogP contribution in [0.2, 0.25) is 0 Å². The molecule has 0 aliphatic carbocycles. The zero-order valence-corrected chi connectivity index (χ0v) is 20.2. The summed E-state index contributed by atoms with van der Waals surface area (Å²) in [4.78, 5) is 23.4. The van der Waals surface area contributed by atoms with Crippen molar-refractivity contribution >= 4 is 29.3 Å². The van der Waals surface area contributed by atoms with Crippen LogP contribution in [0.1, 0.15) is 38.3 Å². The van der Waals surface area contributed by atoms with Gasteiger partial charge in [-0.3, -0.25) is 9.59 Å². The van der Waals surface area contributed by atoms with Gasteiger partial charge in [-0.25, -0.2) is 0 Å². The van der Waals surface area contributed by atoms with Gasteiger partial charge in [-0.1, -0.05) is 26.8 Å². The maximum Gasteiger partial charge on any atom is 0.397 e. The minimum Gasteiger partial charge on any atom is -0.493 e. The number of hydrogen-bond acceptors (Lipinski definition) is 5. The number of amides is 1. The van der Waals surface area contributed by atoms with Crippen LogP contribution in [0.3, 0.4) is 0 Å².